The lowest BCUT2D eigenvalue weighted by atomic mass is 10.1. The highest BCUT2D eigenvalue weighted by Crippen LogP contribution is 2.18. The molecule has 0 radical (unpaired) electrons. The van der Waals surface area contributed by atoms with E-state index in [-0.39, 0.29) is 11.5 Å². The molecule has 1 saturated heterocycles. The minimum Gasteiger partial charge on any atom is -0.336 e. The summed E-state index contributed by atoms with van der Waals surface area (Å²) in [7, 11) is 0. The molecular weight excluding hydrogens is 390 g/mol. The molecule has 1 amide bonds. The van der Waals surface area contributed by atoms with Crippen molar-refractivity contribution >= 4 is 16.8 Å². The van der Waals surface area contributed by atoms with E-state index in [1.165, 1.54) is 5.56 Å². The van der Waals surface area contributed by atoms with Gasteiger partial charge in [-0.15, -0.1) is 0 Å². The van der Waals surface area contributed by atoms with Gasteiger partial charge in [0, 0.05) is 63.6 Å². The Hall–Kier alpha value is -3.06. The van der Waals surface area contributed by atoms with Crippen LogP contribution in [0.1, 0.15) is 41.0 Å². The number of hydrogen-bond donors (Lipinski definition) is 0. The number of rotatable bonds is 3. The highest BCUT2D eigenvalue weighted by molar-refractivity contribution is 5.97. The summed E-state index contributed by atoms with van der Waals surface area (Å²) in [6.45, 7) is 4.69. The van der Waals surface area contributed by atoms with Gasteiger partial charge in [0.2, 0.25) is 0 Å². The fourth-order valence-corrected chi connectivity index (χ4v) is 4.59. The quantitative estimate of drug-likeness (QED) is 0.655. The molecule has 2 aliphatic heterocycles. The lowest BCUT2D eigenvalue weighted by Crippen LogP contribution is -2.48. The third-order valence-electron chi connectivity index (χ3n) is 6.38. The molecule has 2 aliphatic rings. The van der Waals surface area contributed by atoms with E-state index < -0.39 is 0 Å². The Balaban J connectivity index is 1.31. The molecule has 3 aromatic rings. The minimum atomic E-state index is 0.0160. The fourth-order valence-electron chi connectivity index (χ4n) is 4.59. The van der Waals surface area contributed by atoms with E-state index in [1.807, 2.05) is 34.0 Å². The SMILES string of the molecule is O=C(c1ccc2c(=O)n3c(nc2c1)CCCCC3)N1CCN(Cc2ccncc2)CC1. The molecular formula is C24H27N5O2. The van der Waals surface area contributed by atoms with E-state index >= 15 is 0 Å². The number of benzene rings is 1. The third-order valence-corrected chi connectivity index (χ3v) is 6.38. The summed E-state index contributed by atoms with van der Waals surface area (Å²) in [6, 6.07) is 9.41. The zero-order valence-electron chi connectivity index (χ0n) is 17.7. The van der Waals surface area contributed by atoms with Gasteiger partial charge in [-0.25, -0.2) is 4.98 Å². The second kappa shape index (κ2) is 8.59. The number of aromatic nitrogens is 3. The first-order valence-electron chi connectivity index (χ1n) is 11.1. The number of carbonyl (C=O) groups excluding carboxylic acids is 1. The third kappa shape index (κ3) is 4.10. The van der Waals surface area contributed by atoms with Crippen molar-refractivity contribution < 1.29 is 4.79 Å². The molecule has 0 spiro atoms. The van der Waals surface area contributed by atoms with Gasteiger partial charge in [-0.05, 0) is 48.7 Å². The lowest BCUT2D eigenvalue weighted by molar-refractivity contribution is 0.0628. The first kappa shape index (κ1) is 19.9. The maximum atomic E-state index is 13.1. The largest absolute Gasteiger partial charge is 0.336 e. The Morgan fingerprint density at radius 2 is 1.74 bits per heavy atom. The molecule has 1 fully saturated rings. The van der Waals surface area contributed by atoms with Gasteiger partial charge < -0.3 is 4.90 Å². The smallest absolute Gasteiger partial charge is 0.261 e. The van der Waals surface area contributed by atoms with Gasteiger partial charge in [0.05, 0.1) is 10.9 Å². The Morgan fingerprint density at radius 1 is 0.935 bits per heavy atom. The average Bonchev–Trinajstić information content (AvgIpc) is 3.05. The van der Waals surface area contributed by atoms with E-state index in [4.69, 9.17) is 4.98 Å². The summed E-state index contributed by atoms with van der Waals surface area (Å²) in [5.41, 5.74) is 2.51. The summed E-state index contributed by atoms with van der Waals surface area (Å²) in [5, 5.41) is 0.601. The molecule has 0 bridgehead atoms. The number of hydrogen-bond acceptors (Lipinski definition) is 5. The van der Waals surface area contributed by atoms with Gasteiger partial charge in [0.15, 0.2) is 0 Å². The standard InChI is InChI=1S/C24H27N5O2/c30-23(28-14-12-27(13-15-28)17-18-7-9-25-10-8-18)19-5-6-20-21(16-19)26-22-4-2-1-3-11-29(22)24(20)31/h5-10,16H,1-4,11-15,17H2. The predicted octanol–water partition coefficient (Wildman–Crippen LogP) is 2.48. The zero-order chi connectivity index (χ0) is 21.2. The van der Waals surface area contributed by atoms with Gasteiger partial charge in [0.1, 0.15) is 5.82 Å². The van der Waals surface area contributed by atoms with Crippen molar-refractivity contribution in [3.8, 4) is 0 Å². The monoisotopic (exact) mass is 417 g/mol. The minimum absolute atomic E-state index is 0.0160. The second-order valence-electron chi connectivity index (χ2n) is 8.45. The molecule has 0 saturated carbocycles. The van der Waals surface area contributed by atoms with Crippen molar-refractivity contribution in [3.63, 3.8) is 0 Å². The van der Waals surface area contributed by atoms with Crippen molar-refractivity contribution in [1.82, 2.24) is 24.3 Å². The topological polar surface area (TPSA) is 71.3 Å². The molecule has 0 aliphatic carbocycles. The van der Waals surface area contributed by atoms with Gasteiger partial charge in [-0.1, -0.05) is 6.42 Å². The fraction of sp³-hybridized carbons (Fsp3) is 0.417. The zero-order valence-corrected chi connectivity index (χ0v) is 17.7. The maximum Gasteiger partial charge on any atom is 0.261 e. The molecule has 7 heteroatoms. The van der Waals surface area contributed by atoms with E-state index in [2.05, 4.69) is 9.88 Å². The maximum absolute atomic E-state index is 13.1. The molecule has 5 rings (SSSR count). The molecule has 2 aromatic heterocycles. The number of carbonyl (C=O) groups is 1. The Labute approximate surface area is 181 Å². The van der Waals surface area contributed by atoms with Crippen LogP contribution in [0, 0.1) is 0 Å². The Kier molecular flexibility index (Phi) is 5.51. The first-order valence-corrected chi connectivity index (χ1v) is 11.1. The number of fused-ring (bicyclic) bond motifs is 2. The molecule has 4 heterocycles. The highest BCUT2D eigenvalue weighted by Gasteiger charge is 2.23. The number of pyridine rings is 1. The van der Waals surface area contributed by atoms with E-state index in [1.54, 1.807) is 18.2 Å². The Bertz CT molecular complexity index is 1150. The van der Waals surface area contributed by atoms with Crippen molar-refractivity contribution in [2.75, 3.05) is 26.2 Å². The van der Waals surface area contributed by atoms with E-state index in [0.717, 1.165) is 57.7 Å². The summed E-state index contributed by atoms with van der Waals surface area (Å²) in [5.74, 6) is 0.867. The van der Waals surface area contributed by atoms with Gasteiger partial charge in [0.25, 0.3) is 11.5 Å². The van der Waals surface area contributed by atoms with Crippen LogP contribution in [0.4, 0.5) is 0 Å². The summed E-state index contributed by atoms with van der Waals surface area (Å²) >= 11 is 0. The van der Waals surface area contributed by atoms with Crippen LogP contribution >= 0.6 is 0 Å². The van der Waals surface area contributed by atoms with Crippen LogP contribution in [0.2, 0.25) is 0 Å². The average molecular weight is 418 g/mol. The molecule has 0 atom stereocenters. The van der Waals surface area contributed by atoms with Crippen molar-refractivity contribution in [2.24, 2.45) is 0 Å². The number of nitrogens with zero attached hydrogens (tertiary/aromatic N) is 5. The molecule has 0 unspecified atom stereocenters. The molecule has 160 valence electrons. The van der Waals surface area contributed by atoms with Crippen molar-refractivity contribution in [1.29, 1.82) is 0 Å². The van der Waals surface area contributed by atoms with Crippen LogP contribution in [-0.4, -0.2) is 56.4 Å². The number of piperazine rings is 1. The van der Waals surface area contributed by atoms with Gasteiger partial charge in [-0.2, -0.15) is 0 Å². The first-order chi connectivity index (χ1) is 15.2. The summed E-state index contributed by atoms with van der Waals surface area (Å²) in [6.07, 6.45) is 7.64. The van der Waals surface area contributed by atoms with E-state index in [0.29, 0.717) is 29.6 Å². The molecule has 31 heavy (non-hydrogen) atoms. The van der Waals surface area contributed by atoms with Crippen LogP contribution in [0.25, 0.3) is 10.9 Å². The number of aryl methyl sites for hydroxylation is 1. The summed E-state index contributed by atoms with van der Waals surface area (Å²) < 4.78 is 1.82. The highest BCUT2D eigenvalue weighted by atomic mass is 16.2. The van der Waals surface area contributed by atoms with Crippen LogP contribution in [0.15, 0.2) is 47.5 Å². The number of amides is 1. The predicted molar refractivity (Wildman–Crippen MR) is 119 cm³/mol. The second-order valence-corrected chi connectivity index (χ2v) is 8.45. The lowest BCUT2D eigenvalue weighted by Gasteiger charge is -2.34. The van der Waals surface area contributed by atoms with Crippen LogP contribution < -0.4 is 5.56 Å². The normalized spacial score (nSPS) is 17.4. The molecule has 1 aromatic carbocycles. The molecule has 7 nitrogen and oxygen atoms in total. The molecule has 0 N–H and O–H groups in total. The van der Waals surface area contributed by atoms with Crippen molar-refractivity contribution in [3.05, 3.63) is 70.0 Å². The van der Waals surface area contributed by atoms with Crippen LogP contribution in [0.5, 0.6) is 0 Å². The van der Waals surface area contributed by atoms with Crippen molar-refractivity contribution in [2.45, 2.75) is 38.8 Å². The van der Waals surface area contributed by atoms with E-state index in [9.17, 15) is 9.59 Å². The summed E-state index contributed by atoms with van der Waals surface area (Å²) in [4.78, 5) is 39.1. The van der Waals surface area contributed by atoms with Gasteiger partial charge in [-0.3, -0.25) is 24.0 Å². The van der Waals surface area contributed by atoms with Gasteiger partial charge >= 0.3 is 0 Å². The Morgan fingerprint density at radius 3 is 2.55 bits per heavy atom. The van der Waals surface area contributed by atoms with Crippen LogP contribution in [0.3, 0.4) is 0 Å². The van der Waals surface area contributed by atoms with Crippen LogP contribution in [-0.2, 0) is 19.5 Å².